The molecule has 2 aliphatic carbocycles. The zero-order valence-electron chi connectivity index (χ0n) is 23.4. The van der Waals surface area contributed by atoms with Crippen molar-refractivity contribution in [3.8, 4) is 0 Å². The van der Waals surface area contributed by atoms with Gasteiger partial charge in [0.05, 0.1) is 41.5 Å². The molecule has 2 fully saturated rings. The molecule has 0 bridgehead atoms. The third kappa shape index (κ3) is 7.27. The minimum absolute atomic E-state index is 0.0930. The van der Waals surface area contributed by atoms with Crippen LogP contribution in [-0.2, 0) is 4.79 Å². The Balaban J connectivity index is 1.40. The Hall–Kier alpha value is -3.09. The number of fused-ring (bicyclic) bond motifs is 1. The lowest BCUT2D eigenvalue weighted by molar-refractivity contribution is -0.144. The van der Waals surface area contributed by atoms with Gasteiger partial charge in [0.15, 0.2) is 5.65 Å². The number of hydrogen-bond acceptors (Lipinski definition) is 5. The Kier molecular flexibility index (Phi) is 8.60. The first-order valence-electron chi connectivity index (χ1n) is 14.3. The summed E-state index contributed by atoms with van der Waals surface area (Å²) >= 11 is 1.33. The normalized spacial score (nSPS) is 19.1. The third-order valence-corrected chi connectivity index (χ3v) is 9.06. The summed E-state index contributed by atoms with van der Waals surface area (Å²) < 4.78 is 67.4. The van der Waals surface area contributed by atoms with Crippen molar-refractivity contribution < 1.29 is 31.5 Å². The lowest BCUT2D eigenvalue weighted by Gasteiger charge is -2.33. The van der Waals surface area contributed by atoms with Crippen LogP contribution in [0.2, 0.25) is 0 Å². The highest BCUT2D eigenvalue weighted by atomic mass is 32.1. The van der Waals surface area contributed by atoms with Gasteiger partial charge in [0.2, 0.25) is 11.8 Å². The molecule has 0 spiro atoms. The summed E-state index contributed by atoms with van der Waals surface area (Å²) in [5.41, 5.74) is 2.46. The first kappa shape index (κ1) is 30.4. The average Bonchev–Trinajstić information content (AvgIpc) is 3.47. The van der Waals surface area contributed by atoms with Crippen molar-refractivity contribution in [2.75, 3.05) is 0 Å². The van der Waals surface area contributed by atoms with Gasteiger partial charge < -0.3 is 10.6 Å². The smallest absolute Gasteiger partial charge is 0.349 e. The molecule has 0 aromatic carbocycles. The summed E-state index contributed by atoms with van der Waals surface area (Å²) in [6.07, 6.45) is -1.47. The molecule has 228 valence electrons. The van der Waals surface area contributed by atoms with E-state index in [1.165, 1.54) is 15.9 Å². The lowest BCUT2D eigenvalue weighted by atomic mass is 9.81. The van der Waals surface area contributed by atoms with Crippen LogP contribution in [0, 0.1) is 11.8 Å². The number of rotatable bonds is 10. The van der Waals surface area contributed by atoms with E-state index in [4.69, 9.17) is 4.98 Å². The van der Waals surface area contributed by atoms with Crippen molar-refractivity contribution in [2.24, 2.45) is 11.8 Å². The molecule has 0 aliphatic heterocycles. The van der Waals surface area contributed by atoms with E-state index in [1.807, 2.05) is 25.3 Å². The fourth-order valence-electron chi connectivity index (χ4n) is 5.63. The van der Waals surface area contributed by atoms with Gasteiger partial charge in [-0.15, -0.1) is 11.3 Å². The lowest BCUT2D eigenvalue weighted by Crippen LogP contribution is -2.37. The molecule has 42 heavy (non-hydrogen) atoms. The molecular formula is C29H34F5N5O2S. The first-order chi connectivity index (χ1) is 19.8. The van der Waals surface area contributed by atoms with Gasteiger partial charge in [-0.25, -0.2) is 18.3 Å². The Bertz CT molecular complexity index is 1420. The van der Waals surface area contributed by atoms with Gasteiger partial charge in [0.25, 0.3) is 5.91 Å². The highest BCUT2D eigenvalue weighted by molar-refractivity contribution is 7.12. The van der Waals surface area contributed by atoms with Gasteiger partial charge in [0.1, 0.15) is 0 Å². The van der Waals surface area contributed by atoms with Crippen LogP contribution in [0.4, 0.5) is 22.0 Å². The quantitative estimate of drug-likeness (QED) is 0.239. The molecule has 13 heteroatoms. The number of nitrogens with zero attached hydrogens (tertiary/aromatic N) is 3. The van der Waals surface area contributed by atoms with Crippen molar-refractivity contribution in [3.05, 3.63) is 51.6 Å². The number of carbonyl (C=O) groups is 2. The maximum atomic E-state index is 14.0. The number of imidazole rings is 1. The summed E-state index contributed by atoms with van der Waals surface area (Å²) in [5, 5.41) is 12.1. The van der Waals surface area contributed by atoms with Crippen molar-refractivity contribution >= 4 is 28.8 Å². The standard InChI is InChI=1S/C29H34F5N5O2S/c1-16(2)20-8-12-42-26(20)27(41)38-25(18-5-9-28(30,31)10-6-18)21-15-39-22(36-21)13-19(14-35-39)24(17-3-4-17)37-23(40)7-11-29(32,33)34/h8,12-18,24-25H,3-7,9-11H2,1-2H3,(H,37,40)(H,38,41)/t24?,25-/m0/s1. The molecule has 0 saturated heterocycles. The number of thiophene rings is 1. The van der Waals surface area contributed by atoms with Gasteiger partial charge in [-0.3, -0.25) is 9.59 Å². The van der Waals surface area contributed by atoms with E-state index in [-0.39, 0.29) is 49.3 Å². The largest absolute Gasteiger partial charge is 0.389 e. The predicted molar refractivity (Wildman–Crippen MR) is 147 cm³/mol. The molecule has 3 aromatic rings. The van der Waals surface area contributed by atoms with E-state index in [0.717, 1.165) is 18.4 Å². The molecule has 1 unspecified atom stereocenters. The molecule has 2 aliphatic rings. The maximum Gasteiger partial charge on any atom is 0.389 e. The molecule has 5 rings (SSSR count). The van der Waals surface area contributed by atoms with Crippen LogP contribution in [0.1, 0.15) is 110 Å². The topological polar surface area (TPSA) is 88.4 Å². The number of halogens is 5. The van der Waals surface area contributed by atoms with Crippen LogP contribution in [0.3, 0.4) is 0 Å². The number of nitrogens with one attached hydrogen (secondary N) is 2. The van der Waals surface area contributed by atoms with Gasteiger partial charge in [-0.05, 0) is 72.1 Å². The van der Waals surface area contributed by atoms with E-state index < -0.39 is 42.9 Å². The zero-order valence-corrected chi connectivity index (χ0v) is 24.2. The maximum absolute atomic E-state index is 14.0. The van der Waals surface area contributed by atoms with Crippen LogP contribution in [0.25, 0.3) is 5.65 Å². The number of carbonyl (C=O) groups excluding carboxylic acids is 2. The number of amides is 2. The van der Waals surface area contributed by atoms with Crippen LogP contribution < -0.4 is 10.6 Å². The highest BCUT2D eigenvalue weighted by Crippen LogP contribution is 2.43. The summed E-state index contributed by atoms with van der Waals surface area (Å²) in [5.74, 6) is -3.73. The Labute approximate surface area is 244 Å². The van der Waals surface area contributed by atoms with Crippen LogP contribution in [-0.4, -0.2) is 38.5 Å². The Morgan fingerprint density at radius 2 is 1.79 bits per heavy atom. The molecule has 3 heterocycles. The molecule has 2 saturated carbocycles. The van der Waals surface area contributed by atoms with Crippen molar-refractivity contribution in [2.45, 2.75) is 95.3 Å². The fraction of sp³-hybridized carbons (Fsp3) is 0.586. The van der Waals surface area contributed by atoms with Crippen molar-refractivity contribution in [1.29, 1.82) is 0 Å². The minimum atomic E-state index is -4.42. The molecule has 0 radical (unpaired) electrons. The monoisotopic (exact) mass is 611 g/mol. The summed E-state index contributed by atoms with van der Waals surface area (Å²) in [6.45, 7) is 4.00. The van der Waals surface area contributed by atoms with Gasteiger partial charge in [-0.2, -0.15) is 18.3 Å². The fourth-order valence-corrected chi connectivity index (χ4v) is 6.58. The van der Waals surface area contributed by atoms with Crippen LogP contribution in [0.15, 0.2) is 29.9 Å². The third-order valence-electron chi connectivity index (χ3n) is 8.13. The second-order valence-corrected chi connectivity index (χ2v) is 12.7. The van der Waals surface area contributed by atoms with E-state index in [1.54, 1.807) is 18.5 Å². The van der Waals surface area contributed by atoms with Crippen molar-refractivity contribution in [3.63, 3.8) is 0 Å². The van der Waals surface area contributed by atoms with Crippen molar-refractivity contribution in [1.82, 2.24) is 25.2 Å². The number of hydrogen-bond donors (Lipinski definition) is 2. The molecule has 2 N–H and O–H groups in total. The summed E-state index contributed by atoms with van der Waals surface area (Å²) in [4.78, 5) is 31.0. The average molecular weight is 612 g/mol. The highest BCUT2D eigenvalue weighted by Gasteiger charge is 2.40. The van der Waals surface area contributed by atoms with Crippen LogP contribution >= 0.6 is 11.3 Å². The molecule has 2 amide bonds. The number of alkyl halides is 5. The Morgan fingerprint density at radius 1 is 1.10 bits per heavy atom. The van der Waals surface area contributed by atoms with Crippen LogP contribution in [0.5, 0.6) is 0 Å². The van der Waals surface area contributed by atoms with E-state index in [0.29, 0.717) is 21.8 Å². The predicted octanol–water partition coefficient (Wildman–Crippen LogP) is 7.12. The van der Waals surface area contributed by atoms with E-state index >= 15 is 0 Å². The summed E-state index contributed by atoms with van der Waals surface area (Å²) in [6, 6.07) is 2.53. The minimum Gasteiger partial charge on any atom is -0.349 e. The second-order valence-electron chi connectivity index (χ2n) is 11.8. The zero-order chi connectivity index (χ0) is 30.2. The molecular weight excluding hydrogens is 577 g/mol. The first-order valence-corrected chi connectivity index (χ1v) is 15.1. The van der Waals surface area contributed by atoms with Gasteiger partial charge >= 0.3 is 6.18 Å². The Morgan fingerprint density at radius 3 is 2.43 bits per heavy atom. The van der Waals surface area contributed by atoms with Gasteiger partial charge in [0, 0.05) is 19.3 Å². The van der Waals surface area contributed by atoms with E-state index in [2.05, 4.69) is 15.7 Å². The second kappa shape index (κ2) is 11.9. The molecule has 7 nitrogen and oxygen atoms in total. The SMILES string of the molecule is CC(C)c1ccsc1C(=O)N[C@H](c1cn2ncc(C(NC(=O)CCC(F)(F)F)C3CC3)cc2n1)C1CCC(F)(F)CC1. The van der Waals surface area contributed by atoms with Gasteiger partial charge in [-0.1, -0.05) is 13.8 Å². The van der Waals surface area contributed by atoms with E-state index in [9.17, 15) is 31.5 Å². The summed E-state index contributed by atoms with van der Waals surface area (Å²) in [7, 11) is 0. The molecule has 2 atom stereocenters. The molecule has 3 aromatic heterocycles. The number of aromatic nitrogens is 3.